The van der Waals surface area contributed by atoms with Gasteiger partial charge in [-0.15, -0.1) is 0 Å². The van der Waals surface area contributed by atoms with Crippen molar-refractivity contribution < 1.29 is 9.21 Å². The van der Waals surface area contributed by atoms with E-state index in [1.54, 1.807) is 6.33 Å². The molecular formula is C23H30N6O2. The van der Waals surface area contributed by atoms with E-state index < -0.39 is 0 Å². The van der Waals surface area contributed by atoms with Crippen LogP contribution in [-0.4, -0.2) is 52.4 Å². The number of amides is 1. The Labute approximate surface area is 181 Å². The summed E-state index contributed by atoms with van der Waals surface area (Å²) >= 11 is 0. The van der Waals surface area contributed by atoms with Crippen molar-refractivity contribution in [3.8, 4) is 0 Å². The van der Waals surface area contributed by atoms with Crippen LogP contribution in [0.3, 0.4) is 0 Å². The Morgan fingerprint density at radius 2 is 2.06 bits per heavy atom. The molecule has 1 saturated heterocycles. The largest absolute Gasteiger partial charge is 0.432 e. The van der Waals surface area contributed by atoms with E-state index in [9.17, 15) is 4.79 Å². The molecule has 3 aromatic heterocycles. The zero-order chi connectivity index (χ0) is 21.6. The van der Waals surface area contributed by atoms with Gasteiger partial charge in [-0.2, -0.15) is 4.98 Å². The van der Waals surface area contributed by atoms with Crippen molar-refractivity contribution in [1.29, 1.82) is 0 Å². The van der Waals surface area contributed by atoms with Gasteiger partial charge in [-0.1, -0.05) is 13.8 Å². The fourth-order valence-corrected chi connectivity index (χ4v) is 4.96. The van der Waals surface area contributed by atoms with Crippen LogP contribution >= 0.6 is 0 Å². The molecule has 2 aliphatic rings. The maximum atomic E-state index is 11.8. The second-order valence-corrected chi connectivity index (χ2v) is 9.46. The second-order valence-electron chi connectivity index (χ2n) is 9.46. The number of aromatic nitrogens is 3. The summed E-state index contributed by atoms with van der Waals surface area (Å²) in [4.78, 5) is 27.5. The lowest BCUT2D eigenvalue weighted by Gasteiger charge is -2.32. The smallest absolute Gasteiger partial charge is 0.231 e. The van der Waals surface area contributed by atoms with Crippen LogP contribution in [0.1, 0.15) is 50.7 Å². The molecule has 0 unspecified atom stereocenters. The molecule has 0 saturated carbocycles. The van der Waals surface area contributed by atoms with E-state index >= 15 is 0 Å². The third-order valence-corrected chi connectivity index (χ3v) is 6.63. The first kappa shape index (κ1) is 20.0. The third kappa shape index (κ3) is 3.58. The van der Waals surface area contributed by atoms with E-state index in [1.807, 2.05) is 11.9 Å². The van der Waals surface area contributed by atoms with Crippen LogP contribution in [0.25, 0.3) is 22.2 Å². The lowest BCUT2D eigenvalue weighted by atomic mass is 9.74. The Kier molecular flexibility index (Phi) is 4.95. The Morgan fingerprint density at radius 1 is 1.19 bits per heavy atom. The molecule has 0 spiro atoms. The van der Waals surface area contributed by atoms with Gasteiger partial charge in [0.25, 0.3) is 0 Å². The van der Waals surface area contributed by atoms with Gasteiger partial charge in [-0.05, 0) is 48.6 Å². The fourth-order valence-electron chi connectivity index (χ4n) is 4.96. The Bertz CT molecular complexity index is 1150. The van der Waals surface area contributed by atoms with Crippen molar-refractivity contribution in [1.82, 2.24) is 19.9 Å². The number of hydrogen-bond acceptors (Lipinski definition) is 7. The van der Waals surface area contributed by atoms with E-state index in [2.05, 4.69) is 34.4 Å². The second kappa shape index (κ2) is 7.66. The summed E-state index contributed by atoms with van der Waals surface area (Å²) in [5.41, 5.74) is 4.90. The Hall–Kier alpha value is -2.90. The molecule has 0 aromatic carbocycles. The van der Waals surface area contributed by atoms with Gasteiger partial charge in [0.1, 0.15) is 17.7 Å². The highest BCUT2D eigenvalue weighted by Crippen LogP contribution is 2.43. The summed E-state index contributed by atoms with van der Waals surface area (Å²) in [5, 5.41) is 7.66. The number of rotatable bonds is 6. The molecule has 1 aliphatic carbocycles. The topological polar surface area (TPSA) is 96.2 Å². The average Bonchev–Trinajstić information content (AvgIpc) is 3.33. The minimum absolute atomic E-state index is 0.233. The number of fused-ring (bicyclic) bond motifs is 5. The molecule has 2 N–H and O–H groups in total. The van der Waals surface area contributed by atoms with Crippen molar-refractivity contribution in [2.24, 2.45) is 5.41 Å². The van der Waals surface area contributed by atoms with Gasteiger partial charge in [-0.25, -0.2) is 9.97 Å². The highest BCUT2D eigenvalue weighted by atomic mass is 16.3. The van der Waals surface area contributed by atoms with E-state index in [0.29, 0.717) is 30.1 Å². The first-order chi connectivity index (χ1) is 15.0. The predicted octanol–water partition coefficient (Wildman–Crippen LogP) is 3.75. The van der Waals surface area contributed by atoms with Crippen molar-refractivity contribution in [2.75, 3.05) is 37.3 Å². The number of hydrogen-bond donors (Lipinski definition) is 2. The molecule has 0 bridgehead atoms. The number of carbonyl (C=O) groups excluding carboxylic acids is 1. The SMILES string of the molecule is CNc1nc2oc3c(NCCCN4CCCC4=O)ncnc3c2c2c1CCC(C)(C)C2. The monoisotopic (exact) mass is 422 g/mol. The van der Waals surface area contributed by atoms with Crippen molar-refractivity contribution in [3.05, 3.63) is 17.5 Å². The molecule has 31 heavy (non-hydrogen) atoms. The molecule has 164 valence electrons. The summed E-state index contributed by atoms with van der Waals surface area (Å²) < 4.78 is 6.20. The van der Waals surface area contributed by atoms with Crippen LogP contribution in [0.15, 0.2) is 10.7 Å². The van der Waals surface area contributed by atoms with Gasteiger partial charge in [0.2, 0.25) is 11.6 Å². The molecule has 0 atom stereocenters. The number of furan rings is 1. The molecule has 1 aliphatic heterocycles. The zero-order valence-electron chi connectivity index (χ0n) is 18.5. The number of likely N-dealkylation sites (tertiary alicyclic amines) is 1. The van der Waals surface area contributed by atoms with Crippen LogP contribution < -0.4 is 10.6 Å². The summed E-state index contributed by atoms with van der Waals surface area (Å²) in [6.45, 7) is 7.00. The molecule has 3 aromatic rings. The lowest BCUT2D eigenvalue weighted by Crippen LogP contribution is -2.27. The minimum Gasteiger partial charge on any atom is -0.432 e. The van der Waals surface area contributed by atoms with E-state index in [-0.39, 0.29) is 11.3 Å². The van der Waals surface area contributed by atoms with Gasteiger partial charge in [0, 0.05) is 33.1 Å². The first-order valence-corrected chi connectivity index (χ1v) is 11.3. The Morgan fingerprint density at radius 3 is 2.84 bits per heavy atom. The average molecular weight is 423 g/mol. The highest BCUT2D eigenvalue weighted by Gasteiger charge is 2.31. The van der Waals surface area contributed by atoms with Crippen LogP contribution in [0.4, 0.5) is 11.6 Å². The molecule has 8 heteroatoms. The van der Waals surface area contributed by atoms with Crippen molar-refractivity contribution in [3.63, 3.8) is 0 Å². The third-order valence-electron chi connectivity index (χ3n) is 6.63. The molecular weight excluding hydrogens is 392 g/mol. The number of nitrogens with one attached hydrogen (secondary N) is 2. The van der Waals surface area contributed by atoms with Crippen LogP contribution in [0.5, 0.6) is 0 Å². The first-order valence-electron chi connectivity index (χ1n) is 11.3. The maximum absolute atomic E-state index is 11.8. The lowest BCUT2D eigenvalue weighted by molar-refractivity contribution is -0.127. The van der Waals surface area contributed by atoms with Crippen LogP contribution in [0, 0.1) is 5.41 Å². The van der Waals surface area contributed by atoms with Crippen LogP contribution in [-0.2, 0) is 17.6 Å². The van der Waals surface area contributed by atoms with E-state index in [4.69, 9.17) is 9.40 Å². The quantitative estimate of drug-likeness (QED) is 0.584. The standard InChI is InChI=1S/C23H30N6O2/c1-23(2)8-7-14-15(12-23)17-18-19(31-22(17)28-20(14)24-3)21(27-13-26-18)25-9-5-11-29-10-4-6-16(29)30/h13H,4-12H2,1-3H3,(H,24,28)(H,25,26,27). The maximum Gasteiger partial charge on any atom is 0.231 e. The van der Waals surface area contributed by atoms with Crippen molar-refractivity contribution >= 4 is 39.7 Å². The van der Waals surface area contributed by atoms with Gasteiger partial charge in [0.15, 0.2) is 11.4 Å². The summed E-state index contributed by atoms with van der Waals surface area (Å²) in [6.07, 6.45) is 7.22. The van der Waals surface area contributed by atoms with E-state index in [1.165, 1.54) is 11.1 Å². The highest BCUT2D eigenvalue weighted by molar-refractivity contribution is 6.07. The molecule has 0 radical (unpaired) electrons. The Balaban J connectivity index is 1.47. The molecule has 1 fully saturated rings. The molecule has 5 rings (SSSR count). The number of pyridine rings is 1. The number of nitrogens with zero attached hydrogens (tertiary/aromatic N) is 4. The van der Waals surface area contributed by atoms with Gasteiger partial charge in [-0.3, -0.25) is 4.79 Å². The molecule has 1 amide bonds. The van der Waals surface area contributed by atoms with Crippen molar-refractivity contribution in [2.45, 2.75) is 52.4 Å². The van der Waals surface area contributed by atoms with Crippen LogP contribution in [0.2, 0.25) is 0 Å². The summed E-state index contributed by atoms with van der Waals surface area (Å²) in [6, 6.07) is 0. The fraction of sp³-hybridized carbons (Fsp3) is 0.565. The number of carbonyl (C=O) groups is 1. The summed E-state index contributed by atoms with van der Waals surface area (Å²) in [5.74, 6) is 1.85. The number of anilines is 2. The normalized spacial score (nSPS) is 18.0. The summed E-state index contributed by atoms with van der Waals surface area (Å²) in [7, 11) is 1.91. The minimum atomic E-state index is 0.233. The molecule has 4 heterocycles. The van der Waals surface area contributed by atoms with E-state index in [0.717, 1.165) is 61.9 Å². The van der Waals surface area contributed by atoms with Gasteiger partial charge >= 0.3 is 0 Å². The van der Waals surface area contributed by atoms with Gasteiger partial charge in [0.05, 0.1) is 5.39 Å². The van der Waals surface area contributed by atoms with Gasteiger partial charge < -0.3 is 20.0 Å². The predicted molar refractivity (Wildman–Crippen MR) is 121 cm³/mol. The molecule has 8 nitrogen and oxygen atoms in total. The zero-order valence-corrected chi connectivity index (χ0v) is 18.5.